The van der Waals surface area contributed by atoms with Crippen molar-refractivity contribution in [3.8, 4) is 0 Å². The Hall–Kier alpha value is -1.76. The summed E-state index contributed by atoms with van der Waals surface area (Å²) in [7, 11) is 3.95. The first-order valence-corrected chi connectivity index (χ1v) is 7.14. The maximum Gasteiger partial charge on any atom is 0.248 e. The summed E-state index contributed by atoms with van der Waals surface area (Å²) in [4.78, 5) is 13.8. The normalized spacial score (nSPS) is 10.8. The number of anilines is 2. The second kappa shape index (κ2) is 6.60. The molecule has 0 aliphatic rings. The first-order chi connectivity index (χ1) is 9.54. The summed E-state index contributed by atoms with van der Waals surface area (Å²) < 4.78 is 6.13. The van der Waals surface area contributed by atoms with Crippen LogP contribution in [0.3, 0.4) is 0 Å². The maximum atomic E-state index is 11.8. The van der Waals surface area contributed by atoms with E-state index in [4.69, 9.17) is 4.42 Å². The van der Waals surface area contributed by atoms with Gasteiger partial charge in [-0.15, -0.1) is 0 Å². The van der Waals surface area contributed by atoms with Crippen molar-refractivity contribution in [2.24, 2.45) is 0 Å². The fourth-order valence-corrected chi connectivity index (χ4v) is 2.04. The minimum atomic E-state index is -0.186. The lowest BCUT2D eigenvalue weighted by molar-refractivity contribution is -0.111. The Morgan fingerprint density at radius 1 is 1.20 bits per heavy atom. The van der Waals surface area contributed by atoms with Crippen LogP contribution in [0.25, 0.3) is 6.08 Å². The predicted octanol–water partition coefficient (Wildman–Crippen LogP) is 3.60. The fraction of sp³-hybridized carbons (Fsp3) is 0.133. The SMILES string of the molecule is CN(C)c1ccc(NC(=O)C=Cc2ccc(I)o2)cc1. The van der Waals surface area contributed by atoms with Crippen LogP contribution in [0.4, 0.5) is 11.4 Å². The molecule has 20 heavy (non-hydrogen) atoms. The highest BCUT2D eigenvalue weighted by Crippen LogP contribution is 2.16. The van der Waals surface area contributed by atoms with Crippen molar-refractivity contribution in [2.75, 3.05) is 24.3 Å². The molecule has 0 saturated carbocycles. The summed E-state index contributed by atoms with van der Waals surface area (Å²) in [5.41, 5.74) is 1.85. The van der Waals surface area contributed by atoms with Gasteiger partial charge in [0.1, 0.15) is 5.76 Å². The molecule has 4 nitrogen and oxygen atoms in total. The van der Waals surface area contributed by atoms with Gasteiger partial charge in [-0.3, -0.25) is 4.79 Å². The van der Waals surface area contributed by atoms with Crippen molar-refractivity contribution in [1.29, 1.82) is 0 Å². The number of hydrogen-bond acceptors (Lipinski definition) is 3. The molecule has 0 bridgehead atoms. The van der Waals surface area contributed by atoms with Gasteiger partial charge < -0.3 is 14.6 Å². The molecule has 1 heterocycles. The maximum absolute atomic E-state index is 11.8. The van der Waals surface area contributed by atoms with Gasteiger partial charge in [-0.25, -0.2) is 0 Å². The Bertz CT molecular complexity index is 615. The van der Waals surface area contributed by atoms with Gasteiger partial charge in [0, 0.05) is 31.5 Å². The first kappa shape index (κ1) is 14.6. The second-order valence-electron chi connectivity index (χ2n) is 4.41. The Morgan fingerprint density at radius 3 is 2.45 bits per heavy atom. The standard InChI is InChI=1S/C15H15IN2O2/c1-18(2)12-5-3-11(4-6-12)17-15(19)10-8-13-7-9-14(16)20-13/h3-10H,1-2H3,(H,17,19). The van der Waals surface area contributed by atoms with Gasteiger partial charge >= 0.3 is 0 Å². The van der Waals surface area contributed by atoms with Gasteiger partial charge in [-0.1, -0.05) is 0 Å². The van der Waals surface area contributed by atoms with E-state index in [2.05, 4.69) is 27.9 Å². The first-order valence-electron chi connectivity index (χ1n) is 6.06. The van der Waals surface area contributed by atoms with E-state index in [9.17, 15) is 4.79 Å². The van der Waals surface area contributed by atoms with Gasteiger partial charge in [0.25, 0.3) is 0 Å². The van der Waals surface area contributed by atoms with Crippen molar-refractivity contribution in [1.82, 2.24) is 0 Å². The number of carbonyl (C=O) groups excluding carboxylic acids is 1. The molecule has 104 valence electrons. The predicted molar refractivity (Wildman–Crippen MR) is 89.9 cm³/mol. The number of carbonyl (C=O) groups is 1. The van der Waals surface area contributed by atoms with Crippen molar-refractivity contribution in [2.45, 2.75) is 0 Å². The van der Waals surface area contributed by atoms with Gasteiger partial charge in [-0.2, -0.15) is 0 Å². The Morgan fingerprint density at radius 2 is 1.90 bits per heavy atom. The molecule has 2 rings (SSSR count). The zero-order chi connectivity index (χ0) is 14.5. The van der Waals surface area contributed by atoms with Crippen molar-refractivity contribution in [3.63, 3.8) is 0 Å². The summed E-state index contributed by atoms with van der Waals surface area (Å²) in [5.74, 6) is 0.474. The number of rotatable bonds is 4. The van der Waals surface area contributed by atoms with Crippen LogP contribution in [-0.4, -0.2) is 20.0 Å². The molecule has 1 amide bonds. The number of benzene rings is 1. The second-order valence-corrected chi connectivity index (χ2v) is 5.47. The van der Waals surface area contributed by atoms with Crippen LogP contribution in [0.15, 0.2) is 46.9 Å². The lowest BCUT2D eigenvalue weighted by atomic mass is 10.2. The summed E-state index contributed by atoms with van der Waals surface area (Å²) in [6.07, 6.45) is 3.10. The van der Waals surface area contributed by atoms with E-state index < -0.39 is 0 Å². The number of halogens is 1. The third-order valence-electron chi connectivity index (χ3n) is 2.64. The molecule has 0 radical (unpaired) electrons. The Balaban J connectivity index is 1.95. The number of amides is 1. The van der Waals surface area contributed by atoms with Crippen LogP contribution in [0.5, 0.6) is 0 Å². The average molecular weight is 382 g/mol. The summed E-state index contributed by atoms with van der Waals surface area (Å²) >= 11 is 2.08. The summed E-state index contributed by atoms with van der Waals surface area (Å²) in [6, 6.07) is 11.3. The number of hydrogen-bond donors (Lipinski definition) is 1. The van der Waals surface area contributed by atoms with Crippen molar-refractivity contribution < 1.29 is 9.21 Å². The van der Waals surface area contributed by atoms with E-state index >= 15 is 0 Å². The van der Waals surface area contributed by atoms with E-state index in [1.54, 1.807) is 6.08 Å². The monoisotopic (exact) mass is 382 g/mol. The van der Waals surface area contributed by atoms with E-state index in [-0.39, 0.29) is 5.91 Å². The van der Waals surface area contributed by atoms with Crippen molar-refractivity contribution >= 4 is 45.9 Å². The van der Waals surface area contributed by atoms with Crippen LogP contribution >= 0.6 is 22.6 Å². The largest absolute Gasteiger partial charge is 0.451 e. The summed E-state index contributed by atoms with van der Waals surface area (Å²) in [5, 5.41) is 2.80. The number of nitrogens with zero attached hydrogens (tertiary/aromatic N) is 1. The average Bonchev–Trinajstić information content (AvgIpc) is 2.83. The van der Waals surface area contributed by atoms with Crippen LogP contribution in [-0.2, 0) is 4.79 Å². The molecule has 0 aliphatic carbocycles. The highest BCUT2D eigenvalue weighted by Gasteiger charge is 2.00. The molecule has 1 N–H and O–H groups in total. The lowest BCUT2D eigenvalue weighted by Gasteiger charge is -2.12. The minimum Gasteiger partial charge on any atom is -0.451 e. The summed E-state index contributed by atoms with van der Waals surface area (Å²) in [6.45, 7) is 0. The third-order valence-corrected chi connectivity index (χ3v) is 3.22. The van der Waals surface area contributed by atoms with E-state index in [1.807, 2.05) is 55.4 Å². The van der Waals surface area contributed by atoms with E-state index in [1.165, 1.54) is 6.08 Å². The topological polar surface area (TPSA) is 45.5 Å². The zero-order valence-corrected chi connectivity index (χ0v) is 13.4. The highest BCUT2D eigenvalue weighted by molar-refractivity contribution is 14.1. The van der Waals surface area contributed by atoms with Gasteiger partial charge in [0.2, 0.25) is 5.91 Å². The minimum absolute atomic E-state index is 0.186. The van der Waals surface area contributed by atoms with Crippen LogP contribution < -0.4 is 10.2 Å². The molecular formula is C15H15IN2O2. The van der Waals surface area contributed by atoms with Crippen LogP contribution in [0.2, 0.25) is 0 Å². The molecule has 1 aromatic carbocycles. The van der Waals surface area contributed by atoms with E-state index in [0.29, 0.717) is 5.76 Å². The van der Waals surface area contributed by atoms with Gasteiger partial charge in [-0.05, 0) is 65.1 Å². The Labute approximate surface area is 131 Å². The highest BCUT2D eigenvalue weighted by atomic mass is 127. The van der Waals surface area contributed by atoms with Gasteiger partial charge in [0.05, 0.1) is 0 Å². The molecule has 0 unspecified atom stereocenters. The molecular weight excluding hydrogens is 367 g/mol. The molecule has 0 spiro atoms. The van der Waals surface area contributed by atoms with Crippen LogP contribution in [0.1, 0.15) is 5.76 Å². The molecule has 2 aromatic rings. The molecule has 1 aromatic heterocycles. The quantitative estimate of drug-likeness (QED) is 0.649. The molecule has 0 atom stereocenters. The number of furan rings is 1. The molecule has 0 aliphatic heterocycles. The fourth-order valence-electron chi connectivity index (χ4n) is 1.60. The zero-order valence-electron chi connectivity index (χ0n) is 11.3. The Kier molecular flexibility index (Phi) is 4.84. The van der Waals surface area contributed by atoms with Gasteiger partial charge in [0.15, 0.2) is 3.77 Å². The number of nitrogens with one attached hydrogen (secondary N) is 1. The molecule has 0 saturated heterocycles. The molecule has 5 heteroatoms. The lowest BCUT2D eigenvalue weighted by Crippen LogP contribution is -2.10. The smallest absolute Gasteiger partial charge is 0.248 e. The molecule has 0 fully saturated rings. The van der Waals surface area contributed by atoms with Crippen LogP contribution in [0, 0.1) is 3.77 Å². The van der Waals surface area contributed by atoms with Crippen molar-refractivity contribution in [3.05, 3.63) is 52.0 Å². The third kappa shape index (κ3) is 4.12. The van der Waals surface area contributed by atoms with E-state index in [0.717, 1.165) is 15.1 Å².